The normalized spacial score (nSPS) is 23.4. The van der Waals surface area contributed by atoms with E-state index < -0.39 is 0 Å². The van der Waals surface area contributed by atoms with E-state index in [0.29, 0.717) is 6.04 Å². The minimum absolute atomic E-state index is 0.565. The van der Waals surface area contributed by atoms with E-state index in [9.17, 15) is 5.26 Å². The first-order chi connectivity index (χ1) is 8.61. The van der Waals surface area contributed by atoms with E-state index in [4.69, 9.17) is 0 Å². The number of anilines is 1. The van der Waals surface area contributed by atoms with E-state index in [0.717, 1.165) is 21.6 Å². The molecule has 1 aromatic rings. The van der Waals surface area contributed by atoms with Gasteiger partial charge in [-0.2, -0.15) is 5.26 Å². The molecule has 0 heterocycles. The number of hydrogen-bond donors (Lipinski definition) is 0. The largest absolute Gasteiger partial charge is 0.371 e. The summed E-state index contributed by atoms with van der Waals surface area (Å²) in [6, 6.07) is 8.73. The monoisotopic (exact) mass is 306 g/mol. The third-order valence-electron chi connectivity index (χ3n) is 3.92. The molecule has 2 unspecified atom stereocenters. The average Bonchev–Trinajstić information content (AvgIpc) is 2.38. The molecule has 0 saturated heterocycles. The van der Waals surface area contributed by atoms with Crippen molar-refractivity contribution in [1.29, 1.82) is 5.26 Å². The quantitative estimate of drug-likeness (QED) is 0.813. The Labute approximate surface area is 118 Å². The van der Waals surface area contributed by atoms with Gasteiger partial charge in [0.05, 0.1) is 11.3 Å². The number of benzene rings is 1. The third kappa shape index (κ3) is 2.87. The van der Waals surface area contributed by atoms with Crippen molar-refractivity contribution in [3.05, 3.63) is 28.2 Å². The van der Waals surface area contributed by atoms with Crippen LogP contribution >= 0.6 is 15.9 Å². The molecule has 1 saturated carbocycles. The Morgan fingerprint density at radius 1 is 1.39 bits per heavy atom. The second kappa shape index (κ2) is 5.75. The molecule has 96 valence electrons. The molecule has 1 aromatic carbocycles. The molecule has 0 amide bonds. The molecular formula is C15H19BrN2. The lowest BCUT2D eigenvalue weighted by molar-refractivity contribution is 0.336. The molecule has 0 aromatic heterocycles. The second-order valence-electron chi connectivity index (χ2n) is 5.31. The molecule has 0 N–H and O–H groups in total. The predicted octanol–water partition coefficient (Wildman–Crippen LogP) is 4.34. The average molecular weight is 307 g/mol. The molecule has 0 spiro atoms. The minimum Gasteiger partial charge on any atom is -0.371 e. The van der Waals surface area contributed by atoms with E-state index in [1.807, 2.05) is 12.1 Å². The van der Waals surface area contributed by atoms with Gasteiger partial charge in [-0.1, -0.05) is 35.7 Å². The van der Waals surface area contributed by atoms with Gasteiger partial charge in [-0.15, -0.1) is 0 Å². The van der Waals surface area contributed by atoms with Gasteiger partial charge in [0.2, 0.25) is 0 Å². The molecular weight excluding hydrogens is 288 g/mol. The molecule has 0 radical (unpaired) electrons. The first-order valence-corrected chi connectivity index (χ1v) is 7.33. The molecule has 3 heteroatoms. The van der Waals surface area contributed by atoms with Gasteiger partial charge in [-0.3, -0.25) is 0 Å². The van der Waals surface area contributed by atoms with Crippen LogP contribution in [0, 0.1) is 17.2 Å². The topological polar surface area (TPSA) is 27.0 Å². The summed E-state index contributed by atoms with van der Waals surface area (Å²) in [4.78, 5) is 2.29. The number of nitrogens with zero attached hydrogens (tertiary/aromatic N) is 2. The van der Waals surface area contributed by atoms with Crippen molar-refractivity contribution in [2.24, 2.45) is 5.92 Å². The maximum atomic E-state index is 9.22. The summed E-state index contributed by atoms with van der Waals surface area (Å²) >= 11 is 3.49. The molecule has 2 rings (SSSR count). The van der Waals surface area contributed by atoms with Crippen molar-refractivity contribution < 1.29 is 0 Å². The zero-order valence-corrected chi connectivity index (χ0v) is 12.6. The fourth-order valence-corrected chi connectivity index (χ4v) is 3.19. The summed E-state index contributed by atoms with van der Waals surface area (Å²) in [6.07, 6.45) is 5.10. The van der Waals surface area contributed by atoms with E-state index >= 15 is 0 Å². The van der Waals surface area contributed by atoms with Gasteiger partial charge < -0.3 is 4.90 Å². The number of nitriles is 1. The lowest BCUT2D eigenvalue weighted by Crippen LogP contribution is -2.36. The van der Waals surface area contributed by atoms with Gasteiger partial charge in [0.15, 0.2) is 0 Å². The maximum Gasteiger partial charge on any atom is 0.101 e. The maximum absolute atomic E-state index is 9.22. The first kappa shape index (κ1) is 13.4. The Hall–Kier alpha value is -1.01. The van der Waals surface area contributed by atoms with Gasteiger partial charge in [-0.05, 0) is 37.0 Å². The van der Waals surface area contributed by atoms with Crippen LogP contribution in [0.1, 0.15) is 38.2 Å². The molecule has 2 nitrogen and oxygen atoms in total. The number of halogens is 1. The summed E-state index contributed by atoms with van der Waals surface area (Å²) in [5, 5.41) is 9.22. The zero-order valence-electron chi connectivity index (χ0n) is 11.0. The third-order valence-corrected chi connectivity index (χ3v) is 4.41. The minimum atomic E-state index is 0.565. The lowest BCUT2D eigenvalue weighted by Gasteiger charge is -2.36. The highest BCUT2D eigenvalue weighted by molar-refractivity contribution is 9.10. The van der Waals surface area contributed by atoms with Crippen molar-refractivity contribution in [3.63, 3.8) is 0 Å². The summed E-state index contributed by atoms with van der Waals surface area (Å²) in [7, 11) is 2.12. The first-order valence-electron chi connectivity index (χ1n) is 6.54. The van der Waals surface area contributed by atoms with Crippen molar-refractivity contribution in [2.45, 2.75) is 38.6 Å². The van der Waals surface area contributed by atoms with E-state index in [1.165, 1.54) is 25.7 Å². The fourth-order valence-electron chi connectivity index (χ4n) is 2.84. The van der Waals surface area contributed by atoms with Gasteiger partial charge in [0, 0.05) is 17.6 Å². The Morgan fingerprint density at radius 2 is 2.17 bits per heavy atom. The number of hydrogen-bond acceptors (Lipinski definition) is 2. The van der Waals surface area contributed by atoms with Crippen molar-refractivity contribution in [3.8, 4) is 6.07 Å². The Balaban J connectivity index is 2.25. The van der Waals surface area contributed by atoms with Crippen molar-refractivity contribution in [1.82, 2.24) is 0 Å². The van der Waals surface area contributed by atoms with Crippen LogP contribution in [-0.2, 0) is 0 Å². The predicted molar refractivity (Wildman–Crippen MR) is 78.7 cm³/mol. The van der Waals surface area contributed by atoms with Gasteiger partial charge in [0.25, 0.3) is 0 Å². The molecule has 2 atom stereocenters. The van der Waals surface area contributed by atoms with Crippen LogP contribution in [0.5, 0.6) is 0 Å². The highest BCUT2D eigenvalue weighted by Gasteiger charge is 2.23. The Bertz CT molecular complexity index is 464. The van der Waals surface area contributed by atoms with Crippen LogP contribution < -0.4 is 4.90 Å². The summed E-state index contributed by atoms with van der Waals surface area (Å²) in [5.74, 6) is 0.795. The van der Waals surface area contributed by atoms with Gasteiger partial charge in [-0.25, -0.2) is 0 Å². The van der Waals surface area contributed by atoms with Gasteiger partial charge in [0.1, 0.15) is 6.07 Å². The summed E-state index contributed by atoms with van der Waals surface area (Å²) in [6.45, 7) is 2.33. The number of rotatable bonds is 2. The summed E-state index contributed by atoms with van der Waals surface area (Å²) < 4.78 is 1.03. The van der Waals surface area contributed by atoms with Crippen LogP contribution in [0.3, 0.4) is 0 Å². The van der Waals surface area contributed by atoms with Crippen molar-refractivity contribution in [2.75, 3.05) is 11.9 Å². The van der Waals surface area contributed by atoms with E-state index in [2.05, 4.69) is 46.9 Å². The zero-order chi connectivity index (χ0) is 13.1. The Morgan fingerprint density at radius 3 is 2.83 bits per heavy atom. The van der Waals surface area contributed by atoms with Crippen LogP contribution in [0.15, 0.2) is 22.7 Å². The SMILES string of the molecule is CC1CCCC(N(C)c2cc(Br)ccc2C#N)C1. The van der Waals surface area contributed by atoms with Crippen molar-refractivity contribution >= 4 is 21.6 Å². The standard InChI is InChI=1S/C15H19BrN2/c1-11-4-3-5-14(8-11)18(2)15-9-13(16)7-6-12(15)10-17/h6-7,9,11,14H,3-5,8H2,1-2H3. The molecule has 0 aliphatic heterocycles. The molecule has 18 heavy (non-hydrogen) atoms. The molecule has 1 aliphatic carbocycles. The lowest BCUT2D eigenvalue weighted by atomic mass is 9.86. The fraction of sp³-hybridized carbons (Fsp3) is 0.533. The van der Waals surface area contributed by atoms with Crippen LogP contribution in [-0.4, -0.2) is 13.1 Å². The summed E-state index contributed by atoms with van der Waals surface area (Å²) in [5.41, 5.74) is 1.81. The Kier molecular flexibility index (Phi) is 4.29. The van der Waals surface area contributed by atoms with Gasteiger partial charge >= 0.3 is 0 Å². The van der Waals surface area contributed by atoms with Crippen LogP contribution in [0.2, 0.25) is 0 Å². The molecule has 1 fully saturated rings. The molecule has 1 aliphatic rings. The second-order valence-corrected chi connectivity index (χ2v) is 6.23. The van der Waals surface area contributed by atoms with Crippen LogP contribution in [0.25, 0.3) is 0 Å². The van der Waals surface area contributed by atoms with E-state index in [1.54, 1.807) is 0 Å². The van der Waals surface area contributed by atoms with E-state index in [-0.39, 0.29) is 0 Å². The highest BCUT2D eigenvalue weighted by Crippen LogP contribution is 2.32. The smallest absolute Gasteiger partial charge is 0.101 e. The van der Waals surface area contributed by atoms with Crippen LogP contribution in [0.4, 0.5) is 5.69 Å². The molecule has 0 bridgehead atoms. The highest BCUT2D eigenvalue weighted by atomic mass is 79.9.